The molecule has 0 aromatic rings. The molecule has 1 aliphatic heterocycles. The lowest BCUT2D eigenvalue weighted by molar-refractivity contribution is -0.0559. The Morgan fingerprint density at radius 3 is 2.40 bits per heavy atom. The van der Waals surface area contributed by atoms with Crippen LogP contribution in [0.15, 0.2) is 4.99 Å². The SMILES string of the molecule is OC1CSC(C(F)(F)F)=N1. The molecule has 2 nitrogen and oxygen atoms in total. The van der Waals surface area contributed by atoms with Gasteiger partial charge in [-0.3, -0.25) is 0 Å². The van der Waals surface area contributed by atoms with Crippen LogP contribution in [0.5, 0.6) is 0 Å². The molecule has 1 heterocycles. The van der Waals surface area contributed by atoms with Gasteiger partial charge in [0.25, 0.3) is 0 Å². The Labute approximate surface area is 59.1 Å². The zero-order valence-electron chi connectivity index (χ0n) is 4.72. The molecule has 58 valence electrons. The van der Waals surface area contributed by atoms with Crippen LogP contribution < -0.4 is 0 Å². The van der Waals surface area contributed by atoms with Crippen molar-refractivity contribution in [2.75, 3.05) is 5.75 Å². The number of rotatable bonds is 0. The summed E-state index contributed by atoms with van der Waals surface area (Å²) in [6.07, 6.45) is -5.57. The fraction of sp³-hybridized carbons (Fsp3) is 0.750. The normalized spacial score (nSPS) is 26.8. The van der Waals surface area contributed by atoms with Gasteiger partial charge in [-0.1, -0.05) is 11.8 Å². The molecule has 0 saturated carbocycles. The predicted molar refractivity (Wildman–Crippen MR) is 32.0 cm³/mol. The number of aliphatic hydroxyl groups is 1. The molecule has 0 bridgehead atoms. The van der Waals surface area contributed by atoms with E-state index >= 15 is 0 Å². The number of aliphatic imine (C=N–C) groups is 1. The zero-order valence-corrected chi connectivity index (χ0v) is 5.54. The first-order chi connectivity index (χ1) is 4.50. The average molecular weight is 171 g/mol. The van der Waals surface area contributed by atoms with Crippen LogP contribution in [0.2, 0.25) is 0 Å². The van der Waals surface area contributed by atoms with Gasteiger partial charge in [-0.2, -0.15) is 13.2 Å². The van der Waals surface area contributed by atoms with Crippen molar-refractivity contribution in [3.05, 3.63) is 0 Å². The molecule has 1 N–H and O–H groups in total. The van der Waals surface area contributed by atoms with Crippen LogP contribution >= 0.6 is 11.8 Å². The maximum atomic E-state index is 11.7. The Balaban J connectivity index is 2.67. The van der Waals surface area contributed by atoms with Gasteiger partial charge in [0.15, 0.2) is 11.3 Å². The molecule has 0 aromatic heterocycles. The quantitative estimate of drug-likeness (QED) is 0.590. The molecular weight excluding hydrogens is 167 g/mol. The van der Waals surface area contributed by atoms with Crippen molar-refractivity contribution in [1.82, 2.24) is 0 Å². The first kappa shape index (κ1) is 7.87. The minimum absolute atomic E-state index is 0.00877. The van der Waals surface area contributed by atoms with Crippen molar-refractivity contribution in [1.29, 1.82) is 0 Å². The Bertz CT molecular complexity index is 166. The standard InChI is InChI=1S/C4H4F3NOS/c5-4(6,7)3-8-2(9)1-10-3/h2,9H,1H2. The molecule has 6 heteroatoms. The topological polar surface area (TPSA) is 32.6 Å². The van der Waals surface area contributed by atoms with Crippen LogP contribution in [0.4, 0.5) is 13.2 Å². The monoisotopic (exact) mass is 171 g/mol. The molecular formula is C4H4F3NOS. The molecule has 0 aromatic carbocycles. The number of halogens is 3. The fourth-order valence-corrected chi connectivity index (χ4v) is 1.26. The van der Waals surface area contributed by atoms with Crippen LogP contribution in [0.3, 0.4) is 0 Å². The summed E-state index contributed by atoms with van der Waals surface area (Å²) in [6.45, 7) is 0. The summed E-state index contributed by atoms with van der Waals surface area (Å²) < 4.78 is 35.0. The number of hydrogen-bond donors (Lipinski definition) is 1. The van der Waals surface area contributed by atoms with Gasteiger partial charge in [0, 0.05) is 5.75 Å². The van der Waals surface area contributed by atoms with Crippen molar-refractivity contribution >= 4 is 16.8 Å². The molecule has 10 heavy (non-hydrogen) atoms. The summed E-state index contributed by atoms with van der Waals surface area (Å²) in [5, 5.41) is 7.62. The summed E-state index contributed by atoms with van der Waals surface area (Å²) in [5.41, 5.74) is 0. The van der Waals surface area contributed by atoms with Crippen molar-refractivity contribution < 1.29 is 18.3 Å². The second-order valence-electron chi connectivity index (χ2n) is 1.72. The minimum atomic E-state index is -4.39. The molecule has 1 unspecified atom stereocenters. The average Bonchev–Trinajstić information content (AvgIpc) is 2.11. The predicted octanol–water partition coefficient (Wildman–Crippen LogP) is 1.01. The van der Waals surface area contributed by atoms with E-state index in [0.717, 1.165) is 0 Å². The van der Waals surface area contributed by atoms with Crippen LogP contribution in [0.25, 0.3) is 0 Å². The third kappa shape index (κ3) is 1.63. The largest absolute Gasteiger partial charge is 0.439 e. The molecule has 1 rings (SSSR count). The van der Waals surface area contributed by atoms with Gasteiger partial charge in [0.05, 0.1) is 0 Å². The molecule has 0 radical (unpaired) electrons. The van der Waals surface area contributed by atoms with Gasteiger partial charge in [0.1, 0.15) is 0 Å². The van der Waals surface area contributed by atoms with Crippen molar-refractivity contribution in [2.24, 2.45) is 4.99 Å². The molecule has 1 aliphatic rings. The highest BCUT2D eigenvalue weighted by Crippen LogP contribution is 2.29. The van der Waals surface area contributed by atoms with Gasteiger partial charge in [0.2, 0.25) is 0 Å². The Morgan fingerprint density at radius 2 is 2.20 bits per heavy atom. The van der Waals surface area contributed by atoms with E-state index in [9.17, 15) is 13.2 Å². The lowest BCUT2D eigenvalue weighted by Crippen LogP contribution is -2.17. The van der Waals surface area contributed by atoms with Crippen LogP contribution in [-0.2, 0) is 0 Å². The molecule has 1 atom stereocenters. The van der Waals surface area contributed by atoms with Gasteiger partial charge < -0.3 is 5.11 Å². The van der Waals surface area contributed by atoms with Gasteiger partial charge in [-0.25, -0.2) is 4.99 Å². The summed E-state index contributed by atoms with van der Waals surface area (Å²) in [5.74, 6) is 0.00877. The number of hydrogen-bond acceptors (Lipinski definition) is 3. The van der Waals surface area contributed by atoms with Crippen LogP contribution in [-0.4, -0.2) is 28.3 Å². The minimum Gasteiger partial charge on any atom is -0.371 e. The summed E-state index contributed by atoms with van der Waals surface area (Å²) in [7, 11) is 0. The Hall–Kier alpha value is -0.230. The second-order valence-corrected chi connectivity index (χ2v) is 2.73. The first-order valence-corrected chi connectivity index (χ1v) is 3.44. The van der Waals surface area contributed by atoms with E-state index in [4.69, 9.17) is 5.11 Å². The van der Waals surface area contributed by atoms with Crippen molar-refractivity contribution in [3.63, 3.8) is 0 Å². The van der Waals surface area contributed by atoms with E-state index in [1.807, 2.05) is 0 Å². The Morgan fingerprint density at radius 1 is 1.60 bits per heavy atom. The van der Waals surface area contributed by atoms with Gasteiger partial charge >= 0.3 is 6.18 Å². The number of alkyl halides is 3. The first-order valence-electron chi connectivity index (χ1n) is 2.46. The van der Waals surface area contributed by atoms with E-state index < -0.39 is 17.4 Å². The molecule has 0 saturated heterocycles. The third-order valence-electron chi connectivity index (χ3n) is 0.878. The van der Waals surface area contributed by atoms with Crippen LogP contribution in [0.1, 0.15) is 0 Å². The van der Waals surface area contributed by atoms with Crippen molar-refractivity contribution in [2.45, 2.75) is 12.4 Å². The second kappa shape index (κ2) is 2.43. The third-order valence-corrected chi connectivity index (χ3v) is 1.95. The summed E-state index contributed by atoms with van der Waals surface area (Å²) in [6, 6.07) is 0. The lowest BCUT2D eigenvalue weighted by atomic mass is 10.6. The van der Waals surface area contributed by atoms with E-state index in [1.165, 1.54) is 0 Å². The zero-order chi connectivity index (χ0) is 7.78. The highest BCUT2D eigenvalue weighted by molar-refractivity contribution is 8.14. The molecule has 0 amide bonds. The summed E-state index contributed by atoms with van der Waals surface area (Å²) in [4.78, 5) is 2.97. The van der Waals surface area contributed by atoms with E-state index in [1.54, 1.807) is 0 Å². The highest BCUT2D eigenvalue weighted by atomic mass is 32.2. The molecule has 0 fully saturated rings. The van der Waals surface area contributed by atoms with Gasteiger partial charge in [-0.05, 0) is 0 Å². The van der Waals surface area contributed by atoms with Gasteiger partial charge in [-0.15, -0.1) is 0 Å². The summed E-state index contributed by atoms with van der Waals surface area (Å²) >= 11 is 0.532. The molecule has 0 spiro atoms. The van der Waals surface area contributed by atoms with E-state index in [-0.39, 0.29) is 5.75 Å². The smallest absolute Gasteiger partial charge is 0.371 e. The number of nitrogens with zero attached hydrogens (tertiary/aromatic N) is 1. The Kier molecular flexibility index (Phi) is 1.91. The maximum Gasteiger partial charge on any atom is 0.439 e. The number of aliphatic hydroxyl groups excluding tert-OH is 1. The highest BCUT2D eigenvalue weighted by Gasteiger charge is 2.39. The molecule has 0 aliphatic carbocycles. The fourth-order valence-electron chi connectivity index (χ4n) is 0.518. The lowest BCUT2D eigenvalue weighted by Gasteiger charge is -2.01. The number of thioether (sulfide) groups is 1. The van der Waals surface area contributed by atoms with E-state index in [2.05, 4.69) is 4.99 Å². The van der Waals surface area contributed by atoms with Crippen molar-refractivity contribution in [3.8, 4) is 0 Å². The van der Waals surface area contributed by atoms with Crippen LogP contribution in [0, 0.1) is 0 Å². The maximum absolute atomic E-state index is 11.7. The van der Waals surface area contributed by atoms with E-state index in [0.29, 0.717) is 11.8 Å².